The summed E-state index contributed by atoms with van der Waals surface area (Å²) >= 11 is 0. The maximum absolute atomic E-state index is 14.0. The van der Waals surface area contributed by atoms with Gasteiger partial charge in [-0.15, -0.1) is 0 Å². The lowest BCUT2D eigenvalue weighted by Gasteiger charge is -2.34. The second-order valence-corrected chi connectivity index (χ2v) is 9.18. The quantitative estimate of drug-likeness (QED) is 0.751. The molecule has 29 heavy (non-hydrogen) atoms. The topological polar surface area (TPSA) is 69.6 Å². The summed E-state index contributed by atoms with van der Waals surface area (Å²) in [5.74, 6) is -0.719. The largest absolute Gasteiger partial charge is 0.356 e. The number of benzene rings is 1. The molecular weight excluding hydrogens is 400 g/mol. The highest BCUT2D eigenvalue weighted by atomic mass is 32.2. The number of halogens is 2. The third-order valence-electron chi connectivity index (χ3n) is 5.30. The second kappa shape index (κ2) is 7.83. The number of sulfonamides is 1. The molecule has 156 valence electrons. The molecule has 1 aromatic heterocycles. The Kier molecular flexibility index (Phi) is 5.39. The van der Waals surface area contributed by atoms with E-state index in [1.165, 1.54) is 0 Å². The van der Waals surface area contributed by atoms with Crippen LogP contribution < -0.4 is 9.80 Å². The third kappa shape index (κ3) is 3.91. The van der Waals surface area contributed by atoms with Crippen molar-refractivity contribution in [2.45, 2.75) is 24.7 Å². The Morgan fingerprint density at radius 2 is 1.52 bits per heavy atom. The van der Waals surface area contributed by atoms with Gasteiger partial charge >= 0.3 is 0 Å². The van der Waals surface area contributed by atoms with Gasteiger partial charge in [-0.3, -0.25) is 0 Å². The Morgan fingerprint density at radius 1 is 0.897 bits per heavy atom. The lowest BCUT2D eigenvalue weighted by molar-refractivity contribution is 0.376. The molecule has 1 aromatic carbocycles. The Bertz CT molecular complexity index is 983. The van der Waals surface area contributed by atoms with Crippen LogP contribution in [0.25, 0.3) is 0 Å². The standard InChI is InChI=1S/C19H23F2N5O2S/c1-14-13-17(24-7-2-3-8-24)23-19(22-14)25-9-11-26(12-10-25)29(27,28)18-15(20)5-4-6-16(18)21/h4-6,13H,2-3,7-12H2,1H3. The van der Waals surface area contributed by atoms with Crippen molar-refractivity contribution in [1.29, 1.82) is 0 Å². The number of aromatic nitrogens is 2. The van der Waals surface area contributed by atoms with Crippen LogP contribution in [-0.4, -0.2) is 62.0 Å². The average Bonchev–Trinajstić information content (AvgIpc) is 3.22. The normalized spacial score (nSPS) is 18.4. The molecule has 2 fully saturated rings. The molecule has 2 saturated heterocycles. The van der Waals surface area contributed by atoms with Crippen LogP contribution in [-0.2, 0) is 10.0 Å². The number of piperazine rings is 1. The summed E-state index contributed by atoms with van der Waals surface area (Å²) < 4.78 is 54.6. The first-order valence-electron chi connectivity index (χ1n) is 9.66. The number of anilines is 2. The Morgan fingerprint density at radius 3 is 2.14 bits per heavy atom. The average molecular weight is 423 g/mol. The molecule has 0 N–H and O–H groups in total. The fraction of sp³-hybridized carbons (Fsp3) is 0.474. The third-order valence-corrected chi connectivity index (χ3v) is 7.25. The van der Waals surface area contributed by atoms with Gasteiger partial charge in [-0.2, -0.15) is 9.29 Å². The molecule has 0 unspecified atom stereocenters. The van der Waals surface area contributed by atoms with Crippen LogP contribution >= 0.6 is 0 Å². The Labute approximate surface area is 169 Å². The van der Waals surface area contributed by atoms with Gasteiger partial charge in [0.05, 0.1) is 0 Å². The Hall–Kier alpha value is -2.33. The highest BCUT2D eigenvalue weighted by Crippen LogP contribution is 2.26. The van der Waals surface area contributed by atoms with Crippen molar-refractivity contribution in [1.82, 2.24) is 14.3 Å². The van der Waals surface area contributed by atoms with E-state index in [-0.39, 0.29) is 13.1 Å². The lowest BCUT2D eigenvalue weighted by atomic mass is 10.3. The number of aryl methyl sites for hydroxylation is 1. The van der Waals surface area contributed by atoms with E-state index in [1.807, 2.05) is 17.9 Å². The minimum atomic E-state index is -4.25. The van der Waals surface area contributed by atoms with Gasteiger partial charge in [0.25, 0.3) is 0 Å². The van der Waals surface area contributed by atoms with E-state index in [0.29, 0.717) is 19.0 Å². The monoisotopic (exact) mass is 423 g/mol. The molecule has 0 aliphatic carbocycles. The van der Waals surface area contributed by atoms with Crippen LogP contribution in [0.4, 0.5) is 20.5 Å². The second-order valence-electron chi connectivity index (χ2n) is 7.30. The van der Waals surface area contributed by atoms with Gasteiger partial charge < -0.3 is 9.80 Å². The van der Waals surface area contributed by atoms with E-state index in [4.69, 9.17) is 0 Å². The predicted molar refractivity (Wildman–Crippen MR) is 106 cm³/mol. The van der Waals surface area contributed by atoms with E-state index >= 15 is 0 Å². The van der Waals surface area contributed by atoms with Crippen molar-refractivity contribution in [3.63, 3.8) is 0 Å². The van der Waals surface area contributed by atoms with Gasteiger partial charge in [0.1, 0.15) is 17.5 Å². The number of rotatable bonds is 4. The van der Waals surface area contributed by atoms with Crippen LogP contribution in [0.2, 0.25) is 0 Å². The van der Waals surface area contributed by atoms with Crippen molar-refractivity contribution in [3.05, 3.63) is 41.6 Å². The molecule has 3 heterocycles. The fourth-order valence-electron chi connectivity index (χ4n) is 3.77. The summed E-state index contributed by atoms with van der Waals surface area (Å²) in [5, 5.41) is 0. The molecule has 0 bridgehead atoms. The van der Waals surface area contributed by atoms with Crippen molar-refractivity contribution in [2.24, 2.45) is 0 Å². The van der Waals surface area contributed by atoms with Gasteiger partial charge in [0.2, 0.25) is 16.0 Å². The first-order chi connectivity index (χ1) is 13.9. The van der Waals surface area contributed by atoms with Crippen LogP contribution in [0.3, 0.4) is 0 Å². The SMILES string of the molecule is Cc1cc(N2CCCC2)nc(N2CCN(S(=O)(=O)c3c(F)cccc3F)CC2)n1. The molecule has 0 radical (unpaired) electrons. The summed E-state index contributed by atoms with van der Waals surface area (Å²) in [6, 6.07) is 5.00. The summed E-state index contributed by atoms with van der Waals surface area (Å²) in [7, 11) is -4.25. The highest BCUT2D eigenvalue weighted by molar-refractivity contribution is 7.89. The molecule has 0 atom stereocenters. The molecular formula is C19H23F2N5O2S. The van der Waals surface area contributed by atoms with Crippen LogP contribution in [0.15, 0.2) is 29.2 Å². The highest BCUT2D eigenvalue weighted by Gasteiger charge is 2.33. The molecule has 7 nitrogen and oxygen atoms in total. The summed E-state index contributed by atoms with van der Waals surface area (Å²) in [6.07, 6.45) is 2.28. The van der Waals surface area contributed by atoms with Crippen molar-refractivity contribution in [3.8, 4) is 0 Å². The first-order valence-corrected chi connectivity index (χ1v) is 11.1. The zero-order chi connectivity index (χ0) is 20.6. The molecule has 4 rings (SSSR count). The lowest BCUT2D eigenvalue weighted by Crippen LogP contribution is -2.49. The molecule has 10 heteroatoms. The zero-order valence-electron chi connectivity index (χ0n) is 16.2. The van der Waals surface area contributed by atoms with Gasteiger partial charge in [-0.1, -0.05) is 6.07 Å². The van der Waals surface area contributed by atoms with E-state index in [0.717, 1.165) is 59.9 Å². The van der Waals surface area contributed by atoms with Gasteiger partial charge in [-0.05, 0) is 31.9 Å². The van der Waals surface area contributed by atoms with Crippen molar-refractivity contribution >= 4 is 21.8 Å². The van der Waals surface area contributed by atoms with Crippen molar-refractivity contribution in [2.75, 3.05) is 49.1 Å². The Balaban J connectivity index is 1.51. The summed E-state index contributed by atoms with van der Waals surface area (Å²) in [4.78, 5) is 12.4. The first kappa shape index (κ1) is 20.0. The van der Waals surface area contributed by atoms with Crippen molar-refractivity contribution < 1.29 is 17.2 Å². The number of hydrogen-bond acceptors (Lipinski definition) is 6. The minimum absolute atomic E-state index is 0.104. The smallest absolute Gasteiger partial charge is 0.249 e. The zero-order valence-corrected chi connectivity index (χ0v) is 17.0. The van der Waals surface area contributed by atoms with E-state index < -0.39 is 26.6 Å². The molecule has 2 aliphatic rings. The number of hydrogen-bond donors (Lipinski definition) is 0. The van der Waals surface area contributed by atoms with E-state index in [9.17, 15) is 17.2 Å². The van der Waals surface area contributed by atoms with Gasteiger partial charge in [0, 0.05) is 51.0 Å². The van der Waals surface area contributed by atoms with Gasteiger partial charge in [0.15, 0.2) is 4.90 Å². The molecule has 2 aliphatic heterocycles. The van der Waals surface area contributed by atoms with Crippen LogP contribution in [0, 0.1) is 18.6 Å². The maximum Gasteiger partial charge on any atom is 0.249 e. The summed E-state index contributed by atoms with van der Waals surface area (Å²) in [5.41, 5.74) is 0.848. The molecule has 0 amide bonds. The van der Waals surface area contributed by atoms with Crippen LogP contribution in [0.5, 0.6) is 0 Å². The molecule has 2 aromatic rings. The van der Waals surface area contributed by atoms with E-state index in [2.05, 4.69) is 14.9 Å². The molecule has 0 saturated carbocycles. The van der Waals surface area contributed by atoms with E-state index in [1.54, 1.807) is 0 Å². The number of nitrogens with zero attached hydrogens (tertiary/aromatic N) is 5. The predicted octanol–water partition coefficient (Wildman–Crippen LogP) is 2.17. The molecule has 0 spiro atoms. The summed E-state index contributed by atoms with van der Waals surface area (Å²) in [6.45, 7) is 4.74. The van der Waals surface area contributed by atoms with Crippen LogP contribution in [0.1, 0.15) is 18.5 Å². The minimum Gasteiger partial charge on any atom is -0.356 e. The fourth-order valence-corrected chi connectivity index (χ4v) is 5.30. The van der Waals surface area contributed by atoms with Gasteiger partial charge in [-0.25, -0.2) is 22.2 Å². The maximum atomic E-state index is 14.0.